The summed E-state index contributed by atoms with van der Waals surface area (Å²) >= 11 is 0. The van der Waals surface area contributed by atoms with Crippen LogP contribution in [0.15, 0.2) is 29.1 Å². The first kappa shape index (κ1) is 15.4. The summed E-state index contributed by atoms with van der Waals surface area (Å²) in [5.41, 5.74) is 0.410. The molecule has 1 heterocycles. The molecule has 5 nitrogen and oxygen atoms in total. The van der Waals surface area contributed by atoms with E-state index < -0.39 is 0 Å². The summed E-state index contributed by atoms with van der Waals surface area (Å²) in [4.78, 5) is 24.3. The number of rotatable bonds is 4. The second-order valence-electron chi connectivity index (χ2n) is 7.42. The maximum Gasteiger partial charge on any atom is 0.272 e. The number of aromatic nitrogens is 2. The molecule has 1 amide bonds. The number of amides is 1. The van der Waals surface area contributed by atoms with E-state index in [2.05, 4.69) is 22.4 Å². The summed E-state index contributed by atoms with van der Waals surface area (Å²) in [5, 5.41) is 11.1. The molecular weight excluding hydrogens is 302 g/mol. The van der Waals surface area contributed by atoms with Crippen LogP contribution in [0.5, 0.6) is 0 Å². The van der Waals surface area contributed by atoms with Crippen molar-refractivity contribution >= 4 is 16.7 Å². The summed E-state index contributed by atoms with van der Waals surface area (Å²) in [7, 11) is 0. The molecular formula is C19H23N3O2. The van der Waals surface area contributed by atoms with Crippen molar-refractivity contribution in [3.63, 3.8) is 0 Å². The lowest BCUT2D eigenvalue weighted by molar-refractivity contribution is -0.121. The molecule has 2 fully saturated rings. The zero-order valence-electron chi connectivity index (χ0n) is 13.9. The standard InChI is InChI=1S/C19H23N3O2/c1-11(16-9-12-6-7-13(16)8-12)20-18(23)10-17-14-4-2-3-5-15(14)19(24)22-21-17/h2-5,11-13,16H,6-10H2,1H3,(H,20,23)(H,22,24)/t11-,12+,13+,16-/m1/s1. The normalized spacial score (nSPS) is 26.6. The highest BCUT2D eigenvalue weighted by Crippen LogP contribution is 2.49. The molecule has 2 bridgehead atoms. The van der Waals surface area contributed by atoms with Gasteiger partial charge in [-0.1, -0.05) is 24.6 Å². The van der Waals surface area contributed by atoms with Gasteiger partial charge in [0.05, 0.1) is 17.5 Å². The number of hydrogen-bond donors (Lipinski definition) is 2. The highest BCUT2D eigenvalue weighted by molar-refractivity contribution is 5.88. The molecule has 0 spiro atoms. The van der Waals surface area contributed by atoms with Gasteiger partial charge in [0.1, 0.15) is 0 Å². The first-order valence-electron chi connectivity index (χ1n) is 8.87. The Bertz CT molecular complexity index is 829. The summed E-state index contributed by atoms with van der Waals surface area (Å²) in [6, 6.07) is 7.50. The summed E-state index contributed by atoms with van der Waals surface area (Å²) in [6.07, 6.45) is 5.49. The van der Waals surface area contributed by atoms with Crippen molar-refractivity contribution in [3.8, 4) is 0 Å². The minimum Gasteiger partial charge on any atom is -0.353 e. The lowest BCUT2D eigenvalue weighted by atomic mass is 9.84. The highest BCUT2D eigenvalue weighted by atomic mass is 16.1. The molecule has 2 aromatic rings. The van der Waals surface area contributed by atoms with Crippen LogP contribution >= 0.6 is 0 Å². The van der Waals surface area contributed by atoms with Gasteiger partial charge in [0, 0.05) is 11.4 Å². The molecule has 5 heteroatoms. The molecule has 1 aromatic carbocycles. The third kappa shape index (κ3) is 2.72. The van der Waals surface area contributed by atoms with Gasteiger partial charge in [-0.25, -0.2) is 5.10 Å². The van der Waals surface area contributed by atoms with Gasteiger partial charge in [-0.2, -0.15) is 5.10 Å². The summed E-state index contributed by atoms with van der Waals surface area (Å²) in [6.45, 7) is 2.13. The molecule has 0 saturated heterocycles. The highest BCUT2D eigenvalue weighted by Gasteiger charge is 2.42. The van der Waals surface area contributed by atoms with Crippen molar-refractivity contribution in [3.05, 3.63) is 40.3 Å². The molecule has 2 aliphatic carbocycles. The maximum atomic E-state index is 12.5. The lowest BCUT2D eigenvalue weighted by Crippen LogP contribution is -2.41. The Hall–Kier alpha value is -2.17. The van der Waals surface area contributed by atoms with Crippen LogP contribution in [0.2, 0.25) is 0 Å². The van der Waals surface area contributed by atoms with E-state index in [-0.39, 0.29) is 23.9 Å². The molecule has 24 heavy (non-hydrogen) atoms. The van der Waals surface area contributed by atoms with E-state index in [9.17, 15) is 9.59 Å². The zero-order valence-corrected chi connectivity index (χ0v) is 13.9. The Morgan fingerprint density at radius 2 is 2.08 bits per heavy atom. The Morgan fingerprint density at radius 1 is 1.29 bits per heavy atom. The molecule has 0 unspecified atom stereocenters. The predicted octanol–water partition coefficient (Wildman–Crippen LogP) is 2.41. The number of nitrogens with one attached hydrogen (secondary N) is 2. The molecule has 126 valence electrons. The number of carbonyl (C=O) groups excluding carboxylic acids is 1. The topological polar surface area (TPSA) is 74.8 Å². The van der Waals surface area contributed by atoms with E-state index >= 15 is 0 Å². The van der Waals surface area contributed by atoms with Gasteiger partial charge < -0.3 is 5.32 Å². The van der Waals surface area contributed by atoms with E-state index in [0.717, 1.165) is 17.2 Å². The first-order valence-corrected chi connectivity index (χ1v) is 8.87. The average molecular weight is 325 g/mol. The van der Waals surface area contributed by atoms with E-state index in [1.807, 2.05) is 18.2 Å². The second-order valence-corrected chi connectivity index (χ2v) is 7.42. The number of benzene rings is 1. The third-order valence-electron chi connectivity index (χ3n) is 5.93. The average Bonchev–Trinajstić information content (AvgIpc) is 3.21. The smallest absolute Gasteiger partial charge is 0.272 e. The van der Waals surface area contributed by atoms with E-state index in [0.29, 0.717) is 17.0 Å². The SMILES string of the molecule is C[C@@H](NC(=O)Cc1n[nH]c(=O)c2ccccc12)[C@H]1C[C@H]2CC[C@H]1C2. The van der Waals surface area contributed by atoms with Crippen molar-refractivity contribution < 1.29 is 4.79 Å². The second kappa shape index (κ2) is 6.04. The van der Waals surface area contributed by atoms with Crippen LogP contribution in [-0.4, -0.2) is 22.1 Å². The van der Waals surface area contributed by atoms with E-state index in [1.165, 1.54) is 25.7 Å². The van der Waals surface area contributed by atoms with Crippen molar-refractivity contribution in [1.29, 1.82) is 0 Å². The van der Waals surface area contributed by atoms with Gasteiger partial charge in [0.2, 0.25) is 5.91 Å². The Morgan fingerprint density at radius 3 is 2.79 bits per heavy atom. The maximum absolute atomic E-state index is 12.5. The van der Waals surface area contributed by atoms with E-state index in [4.69, 9.17) is 0 Å². The fourth-order valence-corrected chi connectivity index (χ4v) is 4.78. The number of fused-ring (bicyclic) bond motifs is 3. The fourth-order valence-electron chi connectivity index (χ4n) is 4.78. The van der Waals surface area contributed by atoms with Gasteiger partial charge in [-0.3, -0.25) is 9.59 Å². The van der Waals surface area contributed by atoms with Crippen LogP contribution in [0.1, 0.15) is 38.3 Å². The van der Waals surface area contributed by atoms with Crippen molar-refractivity contribution in [2.45, 2.75) is 45.1 Å². The Labute approximate surface area is 140 Å². The van der Waals surface area contributed by atoms with Gasteiger partial charge in [0.15, 0.2) is 0 Å². The number of nitrogens with zero attached hydrogens (tertiary/aromatic N) is 1. The van der Waals surface area contributed by atoms with Gasteiger partial charge in [0.25, 0.3) is 5.56 Å². The van der Waals surface area contributed by atoms with Crippen LogP contribution in [0.4, 0.5) is 0 Å². The van der Waals surface area contributed by atoms with Crippen molar-refractivity contribution in [2.24, 2.45) is 17.8 Å². The number of aromatic amines is 1. The third-order valence-corrected chi connectivity index (χ3v) is 5.93. The van der Waals surface area contributed by atoms with Gasteiger partial charge in [-0.15, -0.1) is 0 Å². The van der Waals surface area contributed by atoms with Crippen molar-refractivity contribution in [1.82, 2.24) is 15.5 Å². The Kier molecular flexibility index (Phi) is 3.87. The number of carbonyl (C=O) groups is 1. The number of hydrogen-bond acceptors (Lipinski definition) is 3. The molecule has 2 N–H and O–H groups in total. The molecule has 2 saturated carbocycles. The summed E-state index contributed by atoms with van der Waals surface area (Å²) < 4.78 is 0. The first-order chi connectivity index (χ1) is 11.6. The minimum absolute atomic E-state index is 0.0185. The molecule has 0 radical (unpaired) electrons. The Balaban J connectivity index is 1.47. The van der Waals surface area contributed by atoms with Crippen LogP contribution < -0.4 is 10.9 Å². The van der Waals surface area contributed by atoms with Gasteiger partial charge in [-0.05, 0) is 50.0 Å². The predicted molar refractivity (Wildman–Crippen MR) is 92.6 cm³/mol. The van der Waals surface area contributed by atoms with Crippen LogP contribution in [0.25, 0.3) is 10.8 Å². The lowest BCUT2D eigenvalue weighted by Gasteiger charge is -2.28. The monoisotopic (exact) mass is 325 g/mol. The molecule has 4 rings (SSSR count). The quantitative estimate of drug-likeness (QED) is 0.906. The van der Waals surface area contributed by atoms with Crippen LogP contribution in [0, 0.1) is 17.8 Å². The molecule has 1 aromatic heterocycles. The number of H-pyrrole nitrogens is 1. The van der Waals surface area contributed by atoms with Gasteiger partial charge >= 0.3 is 0 Å². The molecule has 0 aliphatic heterocycles. The van der Waals surface area contributed by atoms with E-state index in [1.54, 1.807) is 6.07 Å². The van der Waals surface area contributed by atoms with Crippen LogP contribution in [-0.2, 0) is 11.2 Å². The van der Waals surface area contributed by atoms with Crippen LogP contribution in [0.3, 0.4) is 0 Å². The fraction of sp³-hybridized carbons (Fsp3) is 0.526. The largest absolute Gasteiger partial charge is 0.353 e. The molecule has 2 aliphatic rings. The summed E-state index contributed by atoms with van der Waals surface area (Å²) in [5.74, 6) is 2.27. The molecule has 4 atom stereocenters. The minimum atomic E-state index is -0.217. The zero-order chi connectivity index (χ0) is 16.7. The van der Waals surface area contributed by atoms with Crippen molar-refractivity contribution in [2.75, 3.05) is 0 Å².